The number of hydrogen-bond acceptors (Lipinski definition) is 3. The highest BCUT2D eigenvalue weighted by Crippen LogP contribution is 2.20. The van der Waals surface area contributed by atoms with Gasteiger partial charge in [0.05, 0.1) is 18.4 Å². The summed E-state index contributed by atoms with van der Waals surface area (Å²) in [5.41, 5.74) is -0.347. The predicted octanol–water partition coefficient (Wildman–Crippen LogP) is 3.14. The molecule has 2 aromatic carbocycles. The molecule has 0 spiro atoms. The zero-order chi connectivity index (χ0) is 16.3. The second kappa shape index (κ2) is 6.30. The van der Waals surface area contributed by atoms with Crippen LogP contribution in [0.4, 0.5) is 18.9 Å². The second-order valence-corrected chi connectivity index (χ2v) is 4.25. The van der Waals surface area contributed by atoms with Crippen molar-refractivity contribution in [1.82, 2.24) is 0 Å². The third-order valence-corrected chi connectivity index (χ3v) is 2.83. The van der Waals surface area contributed by atoms with Crippen LogP contribution in [0.15, 0.2) is 36.4 Å². The normalized spacial score (nSPS) is 10.2. The van der Waals surface area contributed by atoms with Crippen LogP contribution >= 0.6 is 0 Å². The van der Waals surface area contributed by atoms with E-state index in [-0.39, 0.29) is 11.1 Å². The molecular weight excluding hydrogens is 299 g/mol. The largest absolute Gasteiger partial charge is 0.465 e. The van der Waals surface area contributed by atoms with E-state index in [0.29, 0.717) is 6.07 Å². The molecule has 114 valence electrons. The number of carbonyl (C=O) groups is 2. The molecule has 0 atom stereocenters. The van der Waals surface area contributed by atoms with E-state index in [9.17, 15) is 22.8 Å². The summed E-state index contributed by atoms with van der Waals surface area (Å²) in [4.78, 5) is 23.4. The fourth-order valence-corrected chi connectivity index (χ4v) is 1.72. The topological polar surface area (TPSA) is 55.4 Å². The summed E-state index contributed by atoms with van der Waals surface area (Å²) in [5.74, 6) is -5.97. The standard InChI is InChI=1S/C15H10F3NO3/c1-22-15(21)9-4-2-3-8(7-9)14(20)19-11-6-5-10(16)12(17)13(11)18/h2-7H,1H3,(H,19,20). The van der Waals surface area contributed by atoms with Crippen LogP contribution in [-0.4, -0.2) is 19.0 Å². The molecule has 22 heavy (non-hydrogen) atoms. The highest BCUT2D eigenvalue weighted by Gasteiger charge is 2.16. The SMILES string of the molecule is COC(=O)c1cccc(C(=O)Nc2ccc(F)c(F)c2F)c1. The first kappa shape index (κ1) is 15.6. The molecule has 0 radical (unpaired) electrons. The van der Waals surface area contributed by atoms with E-state index in [1.54, 1.807) is 0 Å². The van der Waals surface area contributed by atoms with Crippen molar-refractivity contribution in [2.75, 3.05) is 12.4 Å². The van der Waals surface area contributed by atoms with Crippen LogP contribution in [-0.2, 0) is 4.74 Å². The molecule has 7 heteroatoms. The van der Waals surface area contributed by atoms with Crippen LogP contribution in [0.5, 0.6) is 0 Å². The number of hydrogen-bond donors (Lipinski definition) is 1. The fraction of sp³-hybridized carbons (Fsp3) is 0.0667. The summed E-state index contributed by atoms with van der Waals surface area (Å²) in [5, 5.41) is 2.11. The number of esters is 1. The number of amides is 1. The molecule has 1 amide bonds. The van der Waals surface area contributed by atoms with Gasteiger partial charge in [-0.05, 0) is 30.3 Å². The number of halogens is 3. The van der Waals surface area contributed by atoms with Gasteiger partial charge in [0.2, 0.25) is 0 Å². The molecule has 0 aromatic heterocycles. The molecule has 0 aliphatic rings. The number of benzene rings is 2. The minimum Gasteiger partial charge on any atom is -0.465 e. The maximum Gasteiger partial charge on any atom is 0.337 e. The highest BCUT2D eigenvalue weighted by molar-refractivity contribution is 6.05. The average Bonchev–Trinajstić information content (AvgIpc) is 2.54. The predicted molar refractivity (Wildman–Crippen MR) is 72.1 cm³/mol. The van der Waals surface area contributed by atoms with E-state index in [0.717, 1.165) is 6.07 Å². The highest BCUT2D eigenvalue weighted by atomic mass is 19.2. The summed E-state index contributed by atoms with van der Waals surface area (Å²) in [6.07, 6.45) is 0. The van der Waals surface area contributed by atoms with E-state index in [1.807, 2.05) is 0 Å². The Hall–Kier alpha value is -2.83. The maximum atomic E-state index is 13.5. The number of anilines is 1. The van der Waals surface area contributed by atoms with E-state index < -0.39 is 35.0 Å². The van der Waals surface area contributed by atoms with Crippen molar-refractivity contribution in [2.24, 2.45) is 0 Å². The van der Waals surface area contributed by atoms with Crippen molar-refractivity contribution in [3.63, 3.8) is 0 Å². The zero-order valence-electron chi connectivity index (χ0n) is 11.3. The van der Waals surface area contributed by atoms with Gasteiger partial charge in [0.1, 0.15) is 0 Å². The van der Waals surface area contributed by atoms with Crippen molar-refractivity contribution >= 4 is 17.6 Å². The summed E-state index contributed by atoms with van der Waals surface area (Å²) >= 11 is 0. The molecule has 1 N–H and O–H groups in total. The number of rotatable bonds is 3. The Labute approximate surface area is 123 Å². The Bertz CT molecular complexity index is 747. The molecule has 0 saturated heterocycles. The van der Waals surface area contributed by atoms with Crippen molar-refractivity contribution in [3.8, 4) is 0 Å². The van der Waals surface area contributed by atoms with E-state index in [4.69, 9.17) is 0 Å². The third kappa shape index (κ3) is 3.08. The van der Waals surface area contributed by atoms with Gasteiger partial charge in [-0.15, -0.1) is 0 Å². The Kier molecular flexibility index (Phi) is 4.45. The first-order valence-corrected chi connectivity index (χ1v) is 6.07. The zero-order valence-corrected chi connectivity index (χ0v) is 11.3. The quantitative estimate of drug-likeness (QED) is 0.700. The molecule has 4 nitrogen and oxygen atoms in total. The fourth-order valence-electron chi connectivity index (χ4n) is 1.72. The first-order chi connectivity index (χ1) is 10.4. The second-order valence-electron chi connectivity index (χ2n) is 4.25. The lowest BCUT2D eigenvalue weighted by Crippen LogP contribution is -2.15. The molecule has 2 rings (SSSR count). The van der Waals surface area contributed by atoms with Gasteiger partial charge in [-0.2, -0.15) is 0 Å². The summed E-state index contributed by atoms with van der Waals surface area (Å²) in [6, 6.07) is 7.07. The molecule has 0 aliphatic carbocycles. The van der Waals surface area contributed by atoms with E-state index in [1.165, 1.54) is 31.4 Å². The maximum absolute atomic E-state index is 13.5. The van der Waals surface area contributed by atoms with Crippen molar-refractivity contribution in [1.29, 1.82) is 0 Å². The minimum atomic E-state index is -1.68. The molecular formula is C15H10F3NO3. The van der Waals surface area contributed by atoms with E-state index in [2.05, 4.69) is 10.1 Å². The Morgan fingerprint density at radius 1 is 1.00 bits per heavy atom. The van der Waals surface area contributed by atoms with Gasteiger partial charge in [0.25, 0.3) is 5.91 Å². The monoisotopic (exact) mass is 309 g/mol. The lowest BCUT2D eigenvalue weighted by Gasteiger charge is -2.08. The first-order valence-electron chi connectivity index (χ1n) is 6.07. The molecule has 0 saturated carbocycles. The summed E-state index contributed by atoms with van der Waals surface area (Å²) in [7, 11) is 1.19. The number of carbonyl (C=O) groups excluding carboxylic acids is 2. The molecule has 0 aliphatic heterocycles. The van der Waals surface area contributed by atoms with Gasteiger partial charge >= 0.3 is 5.97 Å². The van der Waals surface area contributed by atoms with Crippen molar-refractivity contribution < 1.29 is 27.5 Å². The number of methoxy groups -OCH3 is 1. The van der Waals surface area contributed by atoms with Gasteiger partial charge in [-0.25, -0.2) is 18.0 Å². The molecule has 0 bridgehead atoms. The summed E-state index contributed by atoms with van der Waals surface area (Å²) < 4.78 is 43.9. The molecule has 0 heterocycles. The Morgan fingerprint density at radius 3 is 2.36 bits per heavy atom. The van der Waals surface area contributed by atoms with Crippen molar-refractivity contribution in [3.05, 3.63) is 65.0 Å². The van der Waals surface area contributed by atoms with Gasteiger partial charge < -0.3 is 10.1 Å². The third-order valence-electron chi connectivity index (χ3n) is 2.83. The van der Waals surface area contributed by atoms with Crippen LogP contribution in [0, 0.1) is 17.5 Å². The van der Waals surface area contributed by atoms with Gasteiger partial charge in [-0.1, -0.05) is 6.07 Å². The van der Waals surface area contributed by atoms with Crippen LogP contribution in [0.1, 0.15) is 20.7 Å². The molecule has 0 unspecified atom stereocenters. The van der Waals surface area contributed by atoms with Gasteiger partial charge in [0.15, 0.2) is 17.5 Å². The minimum absolute atomic E-state index is 0.0343. The van der Waals surface area contributed by atoms with Crippen molar-refractivity contribution in [2.45, 2.75) is 0 Å². The lowest BCUT2D eigenvalue weighted by atomic mass is 10.1. The lowest BCUT2D eigenvalue weighted by molar-refractivity contribution is 0.0600. The molecule has 2 aromatic rings. The molecule has 0 fully saturated rings. The van der Waals surface area contributed by atoms with E-state index >= 15 is 0 Å². The van der Waals surface area contributed by atoms with Crippen LogP contribution in [0.25, 0.3) is 0 Å². The smallest absolute Gasteiger partial charge is 0.337 e. The van der Waals surface area contributed by atoms with Gasteiger partial charge in [0, 0.05) is 5.56 Å². The summed E-state index contributed by atoms with van der Waals surface area (Å²) in [6.45, 7) is 0. The van der Waals surface area contributed by atoms with Crippen LogP contribution in [0.3, 0.4) is 0 Å². The Morgan fingerprint density at radius 2 is 1.68 bits per heavy atom. The number of ether oxygens (including phenoxy) is 1. The van der Waals surface area contributed by atoms with Crippen LogP contribution < -0.4 is 5.32 Å². The number of nitrogens with one attached hydrogen (secondary N) is 1. The van der Waals surface area contributed by atoms with Gasteiger partial charge in [-0.3, -0.25) is 4.79 Å². The Balaban J connectivity index is 2.27. The average molecular weight is 309 g/mol. The van der Waals surface area contributed by atoms with Crippen LogP contribution in [0.2, 0.25) is 0 Å².